The monoisotopic (exact) mass is 387 g/mol. The Labute approximate surface area is 162 Å². The molecule has 1 N–H and O–H groups in total. The third kappa shape index (κ3) is 3.70. The average molecular weight is 388 g/mol. The van der Waals surface area contributed by atoms with Gasteiger partial charge in [-0.1, -0.05) is 53.5 Å². The van der Waals surface area contributed by atoms with Crippen LogP contribution < -0.4 is 4.74 Å². The predicted octanol–water partition coefficient (Wildman–Crippen LogP) is 5.82. The number of allylic oxidation sites excluding steroid dienone is 1. The summed E-state index contributed by atoms with van der Waals surface area (Å²) in [6.07, 6.45) is 1.83. The van der Waals surface area contributed by atoms with Gasteiger partial charge in [-0.2, -0.15) is 0 Å². The van der Waals surface area contributed by atoms with Crippen LogP contribution in [0.15, 0.2) is 48.5 Å². The molecule has 0 saturated carbocycles. The van der Waals surface area contributed by atoms with Gasteiger partial charge in [-0.05, 0) is 43.2 Å². The maximum absolute atomic E-state index is 9.52. The fourth-order valence-corrected chi connectivity index (χ4v) is 3.39. The predicted molar refractivity (Wildman–Crippen MR) is 108 cm³/mol. The Kier molecular flexibility index (Phi) is 5.82. The number of aliphatic hydroxyl groups excluding tert-OH is 1. The minimum absolute atomic E-state index is 0.0926. The summed E-state index contributed by atoms with van der Waals surface area (Å²) in [6.45, 7) is 3.92. The number of aromatic nitrogens is 1. The molecular weight excluding hydrogens is 369 g/mol. The minimum atomic E-state index is -0.0926. The van der Waals surface area contributed by atoms with Crippen LogP contribution in [-0.2, 0) is 6.61 Å². The van der Waals surface area contributed by atoms with E-state index in [0.717, 1.165) is 27.7 Å². The molecule has 3 nitrogen and oxygen atoms in total. The number of benzene rings is 2. The summed E-state index contributed by atoms with van der Waals surface area (Å²) < 4.78 is 6.01. The zero-order chi connectivity index (χ0) is 18.7. The lowest BCUT2D eigenvalue weighted by molar-refractivity contribution is 0.309. The van der Waals surface area contributed by atoms with Crippen LogP contribution in [0.2, 0.25) is 10.0 Å². The molecule has 0 unspecified atom stereocenters. The first-order valence-corrected chi connectivity index (χ1v) is 9.03. The quantitative estimate of drug-likeness (QED) is 0.599. The number of hydrogen-bond acceptors (Lipinski definition) is 3. The largest absolute Gasteiger partial charge is 0.487 e. The van der Waals surface area contributed by atoms with Gasteiger partial charge in [-0.25, -0.2) is 4.98 Å². The molecular formula is C21H19Cl2NO2. The van der Waals surface area contributed by atoms with Crippen molar-refractivity contribution in [1.29, 1.82) is 0 Å². The summed E-state index contributed by atoms with van der Waals surface area (Å²) in [5.74, 6) is 0.678. The van der Waals surface area contributed by atoms with Crippen molar-refractivity contribution in [3.8, 4) is 5.75 Å². The van der Waals surface area contributed by atoms with E-state index in [1.165, 1.54) is 0 Å². The van der Waals surface area contributed by atoms with E-state index >= 15 is 0 Å². The summed E-state index contributed by atoms with van der Waals surface area (Å²) >= 11 is 12.9. The topological polar surface area (TPSA) is 42.4 Å². The first kappa shape index (κ1) is 18.7. The molecule has 26 heavy (non-hydrogen) atoms. The number of nitrogens with zero attached hydrogens (tertiary/aromatic N) is 1. The maximum Gasteiger partial charge on any atom is 0.146 e. The van der Waals surface area contributed by atoms with Gasteiger partial charge >= 0.3 is 0 Å². The molecule has 3 aromatic rings. The third-order valence-electron chi connectivity index (χ3n) is 4.25. The highest BCUT2D eigenvalue weighted by Crippen LogP contribution is 2.34. The Bertz CT molecular complexity index is 983. The van der Waals surface area contributed by atoms with Crippen LogP contribution in [0.4, 0.5) is 0 Å². The first-order chi connectivity index (χ1) is 12.5. The second kappa shape index (κ2) is 8.09. The molecule has 5 heteroatoms. The highest BCUT2D eigenvalue weighted by atomic mass is 35.5. The minimum Gasteiger partial charge on any atom is -0.487 e. The fourth-order valence-electron chi connectivity index (χ4n) is 2.79. The molecule has 0 aliphatic carbocycles. The second-order valence-electron chi connectivity index (χ2n) is 5.93. The van der Waals surface area contributed by atoms with E-state index in [0.29, 0.717) is 21.4 Å². The number of rotatable bonds is 5. The van der Waals surface area contributed by atoms with Gasteiger partial charge in [-0.3, -0.25) is 0 Å². The molecule has 2 aromatic carbocycles. The number of halogens is 2. The molecule has 1 aromatic heterocycles. The van der Waals surface area contributed by atoms with Crippen molar-refractivity contribution in [3.63, 3.8) is 0 Å². The van der Waals surface area contributed by atoms with Crippen molar-refractivity contribution in [2.75, 3.05) is 6.61 Å². The maximum atomic E-state index is 9.52. The molecule has 0 saturated heterocycles. The zero-order valence-corrected chi connectivity index (χ0v) is 16.1. The molecule has 1 heterocycles. The molecule has 0 amide bonds. The van der Waals surface area contributed by atoms with Crippen LogP contribution in [0.25, 0.3) is 16.5 Å². The highest BCUT2D eigenvalue weighted by Gasteiger charge is 2.14. The lowest BCUT2D eigenvalue weighted by atomic mass is 10.0. The van der Waals surface area contributed by atoms with Crippen LogP contribution in [0.3, 0.4) is 0 Å². The Morgan fingerprint density at radius 1 is 1.15 bits per heavy atom. The first-order valence-electron chi connectivity index (χ1n) is 8.27. The number of aliphatic hydroxyl groups is 1. The van der Waals surface area contributed by atoms with Crippen LogP contribution in [0.5, 0.6) is 5.75 Å². The van der Waals surface area contributed by atoms with Gasteiger partial charge < -0.3 is 9.84 Å². The van der Waals surface area contributed by atoms with Gasteiger partial charge in [0, 0.05) is 21.7 Å². The number of ether oxygens (including phenoxy) is 1. The molecule has 0 bridgehead atoms. The van der Waals surface area contributed by atoms with E-state index in [-0.39, 0.29) is 13.2 Å². The Hall–Kier alpha value is -2.07. The van der Waals surface area contributed by atoms with E-state index in [2.05, 4.69) is 4.98 Å². The van der Waals surface area contributed by atoms with Crippen molar-refractivity contribution in [3.05, 3.63) is 75.4 Å². The van der Waals surface area contributed by atoms with E-state index in [1.807, 2.05) is 56.3 Å². The zero-order valence-electron chi connectivity index (χ0n) is 14.6. The van der Waals surface area contributed by atoms with Crippen molar-refractivity contribution in [2.45, 2.75) is 20.5 Å². The van der Waals surface area contributed by atoms with E-state index in [1.54, 1.807) is 6.07 Å². The van der Waals surface area contributed by atoms with Crippen LogP contribution >= 0.6 is 23.2 Å². The van der Waals surface area contributed by atoms with Crippen molar-refractivity contribution in [2.24, 2.45) is 0 Å². The van der Waals surface area contributed by atoms with Gasteiger partial charge in [0.25, 0.3) is 0 Å². The van der Waals surface area contributed by atoms with Gasteiger partial charge in [0.2, 0.25) is 0 Å². The molecule has 0 radical (unpaired) electrons. The van der Waals surface area contributed by atoms with E-state index in [9.17, 15) is 5.11 Å². The third-order valence-corrected chi connectivity index (χ3v) is 5.03. The molecule has 3 rings (SSSR count). The molecule has 0 atom stereocenters. The highest BCUT2D eigenvalue weighted by molar-refractivity contribution is 6.37. The Balaban J connectivity index is 1.96. The smallest absolute Gasteiger partial charge is 0.146 e. The van der Waals surface area contributed by atoms with Gasteiger partial charge in [0.05, 0.1) is 11.6 Å². The number of hydrogen-bond donors (Lipinski definition) is 1. The van der Waals surface area contributed by atoms with Gasteiger partial charge in [-0.15, -0.1) is 0 Å². The molecule has 0 aliphatic rings. The number of aryl methyl sites for hydroxylation is 1. The number of pyridine rings is 1. The summed E-state index contributed by atoms with van der Waals surface area (Å²) in [5, 5.41) is 11.5. The summed E-state index contributed by atoms with van der Waals surface area (Å²) in [7, 11) is 0. The number of para-hydroxylation sites is 1. The van der Waals surface area contributed by atoms with E-state index in [4.69, 9.17) is 27.9 Å². The van der Waals surface area contributed by atoms with Crippen LogP contribution in [0, 0.1) is 6.92 Å². The second-order valence-corrected chi connectivity index (χ2v) is 6.71. The normalized spacial score (nSPS) is 11.8. The standard InChI is InChI=1S/C21H19Cl2NO2/c1-3-14(11-25)16-9-10-18(22)17(20(16)23)12-26-19-6-4-5-15-8-7-13(2)24-21(15)19/h3-10,25H,11-12H2,1-2H3/b14-3-. The van der Waals surface area contributed by atoms with Crippen LogP contribution in [-0.4, -0.2) is 16.7 Å². The molecule has 134 valence electrons. The van der Waals surface area contributed by atoms with Crippen LogP contribution in [0.1, 0.15) is 23.7 Å². The molecule has 0 spiro atoms. The lowest BCUT2D eigenvalue weighted by Gasteiger charge is -2.15. The number of fused-ring (bicyclic) bond motifs is 1. The average Bonchev–Trinajstić information content (AvgIpc) is 2.64. The van der Waals surface area contributed by atoms with Gasteiger partial charge in [0.15, 0.2) is 0 Å². The summed E-state index contributed by atoms with van der Waals surface area (Å²) in [5.41, 5.74) is 3.91. The van der Waals surface area contributed by atoms with Gasteiger partial charge in [0.1, 0.15) is 17.9 Å². The van der Waals surface area contributed by atoms with E-state index < -0.39 is 0 Å². The Morgan fingerprint density at radius 2 is 1.96 bits per heavy atom. The Morgan fingerprint density at radius 3 is 2.69 bits per heavy atom. The van der Waals surface area contributed by atoms with Crippen molar-refractivity contribution >= 4 is 39.7 Å². The molecule has 0 aliphatic heterocycles. The summed E-state index contributed by atoms with van der Waals surface area (Å²) in [4.78, 5) is 4.57. The lowest BCUT2D eigenvalue weighted by Crippen LogP contribution is -2.02. The van der Waals surface area contributed by atoms with Crippen molar-refractivity contribution in [1.82, 2.24) is 4.98 Å². The summed E-state index contributed by atoms with van der Waals surface area (Å²) in [6, 6.07) is 13.4. The SMILES string of the molecule is C/C=C(/CO)c1ccc(Cl)c(COc2cccc3ccc(C)nc23)c1Cl. The molecule has 0 fully saturated rings. The fraction of sp³-hybridized carbons (Fsp3) is 0.190. The van der Waals surface area contributed by atoms with Crippen molar-refractivity contribution < 1.29 is 9.84 Å².